The Balaban J connectivity index is 1.87. The van der Waals surface area contributed by atoms with Crippen LogP contribution in [0.4, 0.5) is 0 Å². The molecule has 20 heavy (non-hydrogen) atoms. The lowest BCUT2D eigenvalue weighted by molar-refractivity contribution is 1.18. The molecule has 0 saturated heterocycles. The highest BCUT2D eigenvalue weighted by Gasteiger charge is 1.98. The summed E-state index contributed by atoms with van der Waals surface area (Å²) in [5, 5.41) is 0. The van der Waals surface area contributed by atoms with E-state index in [2.05, 4.69) is 33.2 Å². The van der Waals surface area contributed by atoms with Gasteiger partial charge in [0.15, 0.2) is 0 Å². The van der Waals surface area contributed by atoms with Crippen LogP contribution in [-0.2, 0) is 0 Å². The zero-order valence-corrected chi connectivity index (χ0v) is 10.8. The van der Waals surface area contributed by atoms with E-state index in [1.165, 1.54) is 0 Å². The van der Waals surface area contributed by atoms with Gasteiger partial charge in [-0.2, -0.15) is 0 Å². The first kappa shape index (κ1) is 12.2. The summed E-state index contributed by atoms with van der Waals surface area (Å²) in [5.41, 5.74) is 4.03. The maximum Gasteiger partial charge on any atom is 0.0813 e. The second-order valence-corrected chi connectivity index (χ2v) is 4.30. The third kappa shape index (κ3) is 2.95. The van der Waals surface area contributed by atoms with E-state index >= 15 is 0 Å². The molecule has 0 saturated carbocycles. The molecule has 0 aliphatic heterocycles. The lowest BCUT2D eigenvalue weighted by Crippen LogP contribution is -1.83. The summed E-state index contributed by atoms with van der Waals surface area (Å²) in [5.74, 6) is 0. The summed E-state index contributed by atoms with van der Waals surface area (Å²) in [6.07, 6.45) is 10.9. The first-order valence-electron chi connectivity index (χ1n) is 6.37. The topological polar surface area (TPSA) is 38.7 Å². The van der Waals surface area contributed by atoms with E-state index in [0.29, 0.717) is 0 Å². The molecule has 0 bridgehead atoms. The van der Waals surface area contributed by atoms with Gasteiger partial charge in [0.2, 0.25) is 0 Å². The molecule has 2 heterocycles. The molecule has 1 aromatic carbocycles. The van der Waals surface area contributed by atoms with Gasteiger partial charge in [-0.1, -0.05) is 30.3 Å². The van der Waals surface area contributed by atoms with Crippen molar-refractivity contribution < 1.29 is 0 Å². The van der Waals surface area contributed by atoms with Crippen molar-refractivity contribution in [1.82, 2.24) is 15.0 Å². The van der Waals surface area contributed by atoms with Gasteiger partial charge < -0.3 is 0 Å². The van der Waals surface area contributed by atoms with E-state index in [9.17, 15) is 0 Å². The van der Waals surface area contributed by atoms with Crippen molar-refractivity contribution in [2.24, 2.45) is 0 Å². The van der Waals surface area contributed by atoms with Crippen LogP contribution in [0.25, 0.3) is 23.4 Å². The summed E-state index contributed by atoms with van der Waals surface area (Å²) < 4.78 is 0. The van der Waals surface area contributed by atoms with Crippen molar-refractivity contribution in [2.75, 3.05) is 0 Å². The molecule has 0 atom stereocenters. The molecule has 0 aliphatic carbocycles. The number of pyridine rings is 1. The Hall–Kier alpha value is -2.81. The Morgan fingerprint density at radius 2 is 1.80 bits per heavy atom. The molecule has 0 aliphatic rings. The summed E-state index contributed by atoms with van der Waals surface area (Å²) >= 11 is 0. The molecular formula is C17H13N3. The molecule has 0 fully saturated rings. The summed E-state index contributed by atoms with van der Waals surface area (Å²) in [6.45, 7) is 0. The highest BCUT2D eigenvalue weighted by atomic mass is 14.8. The van der Waals surface area contributed by atoms with E-state index in [4.69, 9.17) is 0 Å². The van der Waals surface area contributed by atoms with Crippen LogP contribution in [0, 0.1) is 0 Å². The van der Waals surface area contributed by atoms with E-state index < -0.39 is 0 Å². The zero-order chi connectivity index (χ0) is 13.6. The maximum absolute atomic E-state index is 4.36. The highest BCUT2D eigenvalue weighted by Crippen LogP contribution is 2.18. The summed E-state index contributed by atoms with van der Waals surface area (Å²) in [7, 11) is 0. The molecule has 3 aromatic rings. The average molecular weight is 259 g/mol. The van der Waals surface area contributed by atoms with Crippen LogP contribution >= 0.6 is 0 Å². The second-order valence-electron chi connectivity index (χ2n) is 4.30. The van der Waals surface area contributed by atoms with E-state index in [0.717, 1.165) is 22.5 Å². The van der Waals surface area contributed by atoms with Gasteiger partial charge in [-0.15, -0.1) is 0 Å². The molecule has 0 spiro atoms. The summed E-state index contributed by atoms with van der Waals surface area (Å²) in [4.78, 5) is 12.6. The Kier molecular flexibility index (Phi) is 3.60. The van der Waals surface area contributed by atoms with Gasteiger partial charge in [0.25, 0.3) is 0 Å². The van der Waals surface area contributed by atoms with Gasteiger partial charge >= 0.3 is 0 Å². The van der Waals surface area contributed by atoms with Crippen molar-refractivity contribution >= 4 is 12.2 Å². The van der Waals surface area contributed by atoms with Gasteiger partial charge in [-0.25, -0.2) is 0 Å². The fourth-order valence-electron chi connectivity index (χ4n) is 1.91. The van der Waals surface area contributed by atoms with Crippen LogP contribution in [0.5, 0.6) is 0 Å². The number of rotatable bonds is 3. The average Bonchev–Trinajstić information content (AvgIpc) is 2.55. The largest absolute Gasteiger partial charge is 0.261 e. The SMILES string of the molecule is C(=C\c1cnccn1)/c1cccc(-c2ccccn2)c1. The van der Waals surface area contributed by atoms with Gasteiger partial charge in [0.05, 0.1) is 17.6 Å². The van der Waals surface area contributed by atoms with E-state index in [-0.39, 0.29) is 0 Å². The van der Waals surface area contributed by atoms with E-state index in [1.54, 1.807) is 24.8 Å². The Morgan fingerprint density at radius 3 is 2.60 bits per heavy atom. The minimum atomic E-state index is 0.843. The molecule has 96 valence electrons. The predicted molar refractivity (Wildman–Crippen MR) is 80.6 cm³/mol. The standard InChI is InChI=1S/C17H13N3/c1-2-9-20-17(6-1)15-5-3-4-14(12-15)7-8-16-13-18-10-11-19-16/h1-13H/b8-7+. The van der Waals surface area contributed by atoms with Crippen molar-refractivity contribution in [3.63, 3.8) is 0 Å². The lowest BCUT2D eigenvalue weighted by atomic mass is 10.1. The van der Waals surface area contributed by atoms with Crippen molar-refractivity contribution in [3.8, 4) is 11.3 Å². The van der Waals surface area contributed by atoms with Crippen molar-refractivity contribution in [3.05, 3.63) is 78.5 Å². The molecule has 3 heteroatoms. The number of benzene rings is 1. The van der Waals surface area contributed by atoms with Crippen LogP contribution in [0.1, 0.15) is 11.3 Å². The minimum absolute atomic E-state index is 0.843. The third-order valence-electron chi connectivity index (χ3n) is 2.88. The predicted octanol–water partition coefficient (Wildman–Crippen LogP) is 3.71. The molecule has 2 aromatic heterocycles. The highest BCUT2D eigenvalue weighted by molar-refractivity contribution is 5.71. The minimum Gasteiger partial charge on any atom is -0.261 e. The molecule has 0 N–H and O–H groups in total. The van der Waals surface area contributed by atoms with Gasteiger partial charge in [0, 0.05) is 24.2 Å². The van der Waals surface area contributed by atoms with Crippen LogP contribution in [-0.4, -0.2) is 15.0 Å². The summed E-state index contributed by atoms with van der Waals surface area (Å²) in [6, 6.07) is 14.2. The molecule has 3 nitrogen and oxygen atoms in total. The first-order chi connectivity index (χ1) is 9.92. The van der Waals surface area contributed by atoms with E-state index in [1.807, 2.05) is 36.4 Å². The maximum atomic E-state index is 4.36. The number of aromatic nitrogens is 3. The molecule has 0 radical (unpaired) electrons. The van der Waals surface area contributed by atoms with Gasteiger partial charge in [-0.3, -0.25) is 15.0 Å². The Bertz CT molecular complexity index is 707. The fourth-order valence-corrected chi connectivity index (χ4v) is 1.91. The second kappa shape index (κ2) is 5.89. The lowest BCUT2D eigenvalue weighted by Gasteiger charge is -2.01. The van der Waals surface area contributed by atoms with Crippen LogP contribution < -0.4 is 0 Å². The molecule has 0 unspecified atom stereocenters. The first-order valence-corrected chi connectivity index (χ1v) is 6.37. The van der Waals surface area contributed by atoms with Crippen LogP contribution in [0.3, 0.4) is 0 Å². The monoisotopic (exact) mass is 259 g/mol. The molecule has 0 amide bonds. The fraction of sp³-hybridized carbons (Fsp3) is 0. The Labute approximate surface area is 117 Å². The van der Waals surface area contributed by atoms with Crippen molar-refractivity contribution in [1.29, 1.82) is 0 Å². The normalized spacial score (nSPS) is 10.8. The van der Waals surface area contributed by atoms with Gasteiger partial charge in [-0.05, 0) is 29.8 Å². The number of hydrogen-bond donors (Lipinski definition) is 0. The van der Waals surface area contributed by atoms with Gasteiger partial charge in [0.1, 0.15) is 0 Å². The smallest absolute Gasteiger partial charge is 0.0813 e. The quantitative estimate of drug-likeness (QED) is 0.719. The number of nitrogens with zero attached hydrogens (tertiary/aromatic N) is 3. The number of hydrogen-bond acceptors (Lipinski definition) is 3. The van der Waals surface area contributed by atoms with Crippen LogP contribution in [0.2, 0.25) is 0 Å². The third-order valence-corrected chi connectivity index (χ3v) is 2.88. The Morgan fingerprint density at radius 1 is 0.800 bits per heavy atom. The van der Waals surface area contributed by atoms with Crippen molar-refractivity contribution in [2.45, 2.75) is 0 Å². The zero-order valence-electron chi connectivity index (χ0n) is 10.8. The van der Waals surface area contributed by atoms with Crippen LogP contribution in [0.15, 0.2) is 67.3 Å². The molecule has 3 rings (SSSR count). The molecular weight excluding hydrogens is 246 g/mol.